The van der Waals surface area contributed by atoms with Crippen LogP contribution in [0.5, 0.6) is 0 Å². The lowest BCUT2D eigenvalue weighted by molar-refractivity contribution is 0.0690. The molecule has 0 aromatic carbocycles. The van der Waals surface area contributed by atoms with E-state index < -0.39 is 5.97 Å². The van der Waals surface area contributed by atoms with E-state index in [0.29, 0.717) is 0 Å². The molecule has 0 aliphatic heterocycles. The van der Waals surface area contributed by atoms with Gasteiger partial charge in [0.25, 0.3) is 0 Å². The summed E-state index contributed by atoms with van der Waals surface area (Å²) in [7, 11) is 0. The highest BCUT2D eigenvalue weighted by molar-refractivity contribution is 5.84. The summed E-state index contributed by atoms with van der Waals surface area (Å²) in [4.78, 5) is 9.94. The van der Waals surface area contributed by atoms with E-state index in [1.165, 1.54) is 0 Å². The fourth-order valence-electron chi connectivity index (χ4n) is 0.305. The van der Waals surface area contributed by atoms with Gasteiger partial charge in [0.1, 0.15) is 0 Å². The predicted octanol–water partition coefficient (Wildman–Crippen LogP) is -0.251. The molecular formula is C3H5N3O2. The standard InChI is InChI=1S/C3H3N3O2.H2/c7-3(8)2-1-4-6-5-2;/h1H,(H,7,8)(H,4,5,6);1H. The Morgan fingerprint density at radius 1 is 2.00 bits per heavy atom. The van der Waals surface area contributed by atoms with Gasteiger partial charge in [0.15, 0.2) is 5.69 Å². The zero-order valence-corrected chi connectivity index (χ0v) is 3.83. The highest BCUT2D eigenvalue weighted by atomic mass is 16.4. The average molecular weight is 115 g/mol. The normalized spacial score (nSPS) is 9.00. The monoisotopic (exact) mass is 115 g/mol. The average Bonchev–Trinajstić information content (AvgIpc) is 2.12. The van der Waals surface area contributed by atoms with E-state index in [9.17, 15) is 4.79 Å². The maximum absolute atomic E-state index is 9.94. The summed E-state index contributed by atoms with van der Waals surface area (Å²) in [5.74, 6) is -1.07. The maximum atomic E-state index is 9.94. The van der Waals surface area contributed by atoms with E-state index in [4.69, 9.17) is 5.11 Å². The fraction of sp³-hybridized carbons (Fsp3) is 0. The molecule has 1 aromatic rings. The van der Waals surface area contributed by atoms with Gasteiger partial charge in [-0.3, -0.25) is 0 Å². The van der Waals surface area contributed by atoms with Gasteiger partial charge in [-0.25, -0.2) is 4.79 Å². The molecule has 0 saturated heterocycles. The van der Waals surface area contributed by atoms with E-state index in [-0.39, 0.29) is 7.12 Å². The molecule has 1 heterocycles. The molecule has 0 fully saturated rings. The quantitative estimate of drug-likeness (QED) is 0.528. The number of hydrogen-bond donors (Lipinski definition) is 2. The molecule has 8 heavy (non-hydrogen) atoms. The molecule has 44 valence electrons. The van der Waals surface area contributed by atoms with Crippen LogP contribution in [0.25, 0.3) is 0 Å². The summed E-state index contributed by atoms with van der Waals surface area (Å²) in [5, 5.41) is 16.9. The van der Waals surface area contributed by atoms with Crippen LogP contribution in [0, 0.1) is 0 Å². The van der Waals surface area contributed by atoms with Gasteiger partial charge in [-0.1, -0.05) is 0 Å². The van der Waals surface area contributed by atoms with Crippen LogP contribution in [0.1, 0.15) is 11.9 Å². The van der Waals surface area contributed by atoms with Gasteiger partial charge in [-0.15, -0.1) is 5.10 Å². The summed E-state index contributed by atoms with van der Waals surface area (Å²) < 4.78 is 0. The minimum atomic E-state index is -1.07. The molecule has 1 aromatic heterocycles. The highest BCUT2D eigenvalue weighted by Crippen LogP contribution is 1.84. The van der Waals surface area contributed by atoms with Crippen molar-refractivity contribution < 1.29 is 11.3 Å². The van der Waals surface area contributed by atoms with Gasteiger partial charge in [-0.05, 0) is 0 Å². The van der Waals surface area contributed by atoms with Gasteiger partial charge >= 0.3 is 5.97 Å². The molecule has 0 bridgehead atoms. The van der Waals surface area contributed by atoms with E-state index >= 15 is 0 Å². The summed E-state index contributed by atoms with van der Waals surface area (Å²) in [6.07, 6.45) is 1.14. The van der Waals surface area contributed by atoms with Crippen LogP contribution in [-0.2, 0) is 0 Å². The molecular weight excluding hydrogens is 110 g/mol. The lowest BCUT2D eigenvalue weighted by atomic mass is 10.5. The van der Waals surface area contributed by atoms with Crippen LogP contribution < -0.4 is 0 Å². The largest absolute Gasteiger partial charge is 0.476 e. The van der Waals surface area contributed by atoms with Gasteiger partial charge < -0.3 is 5.11 Å². The number of nitrogens with one attached hydrogen (secondary N) is 1. The first-order valence-electron chi connectivity index (χ1n) is 1.90. The number of nitrogens with zero attached hydrogens (tertiary/aromatic N) is 2. The first-order chi connectivity index (χ1) is 3.80. The number of aromatic carboxylic acids is 1. The number of carbonyl (C=O) groups is 1. The van der Waals surface area contributed by atoms with Crippen LogP contribution in [-0.4, -0.2) is 26.5 Å². The third-order valence-corrected chi connectivity index (χ3v) is 0.634. The Morgan fingerprint density at radius 3 is 3.00 bits per heavy atom. The summed E-state index contributed by atoms with van der Waals surface area (Å²) >= 11 is 0. The zero-order chi connectivity index (χ0) is 5.98. The van der Waals surface area contributed by atoms with Crippen molar-refractivity contribution in [2.75, 3.05) is 0 Å². The molecule has 0 spiro atoms. The molecule has 5 heteroatoms. The number of aromatic nitrogens is 3. The van der Waals surface area contributed by atoms with Crippen LogP contribution >= 0.6 is 0 Å². The second kappa shape index (κ2) is 1.61. The number of carboxylic acids is 1. The van der Waals surface area contributed by atoms with E-state index in [0.717, 1.165) is 6.20 Å². The van der Waals surface area contributed by atoms with E-state index in [1.54, 1.807) is 0 Å². The van der Waals surface area contributed by atoms with Gasteiger partial charge in [-0.2, -0.15) is 10.3 Å². The molecule has 2 N–H and O–H groups in total. The van der Waals surface area contributed by atoms with Crippen LogP contribution in [0.15, 0.2) is 6.20 Å². The number of aromatic amines is 1. The number of hydrogen-bond acceptors (Lipinski definition) is 3. The van der Waals surface area contributed by atoms with Crippen molar-refractivity contribution in [1.82, 2.24) is 15.4 Å². The van der Waals surface area contributed by atoms with E-state index in [1.807, 2.05) is 0 Å². The smallest absolute Gasteiger partial charge is 0.358 e. The first kappa shape index (κ1) is 4.76. The van der Waals surface area contributed by atoms with Crippen LogP contribution in [0.2, 0.25) is 0 Å². The Hall–Kier alpha value is -1.39. The second-order valence-electron chi connectivity index (χ2n) is 1.16. The van der Waals surface area contributed by atoms with Crippen molar-refractivity contribution in [3.05, 3.63) is 11.9 Å². The molecule has 0 amide bonds. The van der Waals surface area contributed by atoms with Crippen molar-refractivity contribution in [3.8, 4) is 0 Å². The van der Waals surface area contributed by atoms with Crippen LogP contribution in [0.4, 0.5) is 0 Å². The molecule has 0 radical (unpaired) electrons. The Kier molecular flexibility index (Phi) is 0.957. The molecule has 1 rings (SSSR count). The minimum Gasteiger partial charge on any atom is -0.476 e. The third-order valence-electron chi connectivity index (χ3n) is 0.634. The summed E-state index contributed by atoms with van der Waals surface area (Å²) in [5.41, 5.74) is -0.0648. The topological polar surface area (TPSA) is 78.9 Å². The SMILES string of the molecule is O=C(O)c1cn[nH]n1.[HH]. The summed E-state index contributed by atoms with van der Waals surface area (Å²) in [6.45, 7) is 0. The van der Waals surface area contributed by atoms with Gasteiger partial charge in [0.2, 0.25) is 0 Å². The number of rotatable bonds is 1. The molecule has 5 nitrogen and oxygen atoms in total. The number of carboxylic acid groups (broad SMARTS) is 1. The fourth-order valence-corrected chi connectivity index (χ4v) is 0.305. The Morgan fingerprint density at radius 2 is 2.75 bits per heavy atom. The third kappa shape index (κ3) is 0.651. The second-order valence-corrected chi connectivity index (χ2v) is 1.16. The maximum Gasteiger partial charge on any atom is 0.358 e. The Balaban J connectivity index is 0.000000640. The van der Waals surface area contributed by atoms with Gasteiger partial charge in [0.05, 0.1) is 6.20 Å². The summed E-state index contributed by atoms with van der Waals surface area (Å²) in [6, 6.07) is 0. The van der Waals surface area contributed by atoms with Crippen molar-refractivity contribution in [2.24, 2.45) is 0 Å². The Labute approximate surface area is 45.8 Å². The molecule has 0 aliphatic rings. The van der Waals surface area contributed by atoms with Crippen molar-refractivity contribution in [1.29, 1.82) is 0 Å². The minimum absolute atomic E-state index is 0. The molecule has 0 unspecified atom stereocenters. The lowest BCUT2D eigenvalue weighted by Gasteiger charge is -1.75. The first-order valence-corrected chi connectivity index (χ1v) is 1.90. The predicted molar refractivity (Wildman–Crippen MR) is 25.5 cm³/mol. The van der Waals surface area contributed by atoms with Crippen molar-refractivity contribution in [3.63, 3.8) is 0 Å². The Bertz CT molecular complexity index is 185. The van der Waals surface area contributed by atoms with Crippen molar-refractivity contribution in [2.45, 2.75) is 0 Å². The highest BCUT2D eigenvalue weighted by Gasteiger charge is 2.02. The van der Waals surface area contributed by atoms with Crippen molar-refractivity contribution >= 4 is 5.97 Å². The number of H-pyrrole nitrogens is 1. The molecule has 0 aliphatic carbocycles. The molecule has 0 atom stereocenters. The molecule has 0 saturated carbocycles. The van der Waals surface area contributed by atoms with Crippen LogP contribution in [0.3, 0.4) is 0 Å². The lowest BCUT2D eigenvalue weighted by Crippen LogP contribution is -1.95. The van der Waals surface area contributed by atoms with Gasteiger partial charge in [0, 0.05) is 1.43 Å². The van der Waals surface area contributed by atoms with E-state index in [2.05, 4.69) is 15.4 Å². The zero-order valence-electron chi connectivity index (χ0n) is 3.83.